The Balaban J connectivity index is 1.88. The molecule has 16 heavy (non-hydrogen) atoms. The maximum Gasteiger partial charge on any atom is 0.0991 e. The summed E-state index contributed by atoms with van der Waals surface area (Å²) in [7, 11) is 0. The van der Waals surface area contributed by atoms with Gasteiger partial charge in [-0.2, -0.15) is 0 Å². The molecule has 0 spiro atoms. The first kappa shape index (κ1) is 9.60. The van der Waals surface area contributed by atoms with Gasteiger partial charge < -0.3 is 10.3 Å². The van der Waals surface area contributed by atoms with Gasteiger partial charge in [0.25, 0.3) is 0 Å². The van der Waals surface area contributed by atoms with Gasteiger partial charge in [-0.25, -0.2) is 4.98 Å². The fourth-order valence-corrected chi connectivity index (χ4v) is 1.98. The van der Waals surface area contributed by atoms with Crippen LogP contribution in [0, 0.1) is 0 Å². The van der Waals surface area contributed by atoms with E-state index in [1.165, 1.54) is 5.56 Å². The van der Waals surface area contributed by atoms with E-state index in [4.69, 9.17) is 5.73 Å². The molecule has 3 heteroatoms. The van der Waals surface area contributed by atoms with E-state index < -0.39 is 0 Å². The topological polar surface area (TPSA) is 43.8 Å². The number of hydrogen-bond donors (Lipinski definition) is 1. The van der Waals surface area contributed by atoms with Crippen molar-refractivity contribution in [3.8, 4) is 5.69 Å². The second-order valence-corrected chi connectivity index (χ2v) is 4.68. The largest absolute Gasteiger partial charge is 0.325 e. The van der Waals surface area contributed by atoms with Gasteiger partial charge >= 0.3 is 0 Å². The highest BCUT2D eigenvalue weighted by atomic mass is 15.0. The van der Waals surface area contributed by atoms with Gasteiger partial charge in [-0.15, -0.1) is 0 Å². The summed E-state index contributed by atoms with van der Waals surface area (Å²) in [5.41, 5.74) is 8.67. The van der Waals surface area contributed by atoms with Crippen LogP contribution in [0.2, 0.25) is 0 Å². The van der Waals surface area contributed by atoms with E-state index in [1.807, 2.05) is 17.1 Å². The molecule has 0 saturated heterocycles. The predicted molar refractivity (Wildman–Crippen MR) is 63.4 cm³/mol. The third kappa shape index (κ3) is 1.86. The summed E-state index contributed by atoms with van der Waals surface area (Å²) in [6, 6.07) is 8.50. The van der Waals surface area contributed by atoms with Crippen molar-refractivity contribution in [1.29, 1.82) is 0 Å². The van der Waals surface area contributed by atoms with Crippen molar-refractivity contribution in [3.63, 3.8) is 0 Å². The first-order valence-corrected chi connectivity index (χ1v) is 5.61. The van der Waals surface area contributed by atoms with Crippen molar-refractivity contribution in [1.82, 2.24) is 9.55 Å². The highest BCUT2D eigenvalue weighted by Crippen LogP contribution is 2.35. The van der Waals surface area contributed by atoms with Crippen molar-refractivity contribution < 1.29 is 0 Å². The van der Waals surface area contributed by atoms with E-state index in [0.717, 1.165) is 24.9 Å². The number of hydrogen-bond acceptors (Lipinski definition) is 2. The van der Waals surface area contributed by atoms with E-state index in [0.29, 0.717) is 0 Å². The summed E-state index contributed by atoms with van der Waals surface area (Å²) in [6.45, 7) is 0. The average molecular weight is 213 g/mol. The lowest BCUT2D eigenvalue weighted by molar-refractivity contribution is 0.672. The molecule has 0 aliphatic heterocycles. The van der Waals surface area contributed by atoms with Crippen LogP contribution < -0.4 is 5.73 Å². The van der Waals surface area contributed by atoms with Gasteiger partial charge in [0.15, 0.2) is 0 Å². The third-order valence-electron chi connectivity index (χ3n) is 3.16. The smallest absolute Gasteiger partial charge is 0.0991 e. The van der Waals surface area contributed by atoms with E-state index in [9.17, 15) is 0 Å². The molecule has 0 unspecified atom stereocenters. The number of imidazole rings is 1. The third-order valence-corrected chi connectivity index (χ3v) is 3.16. The van der Waals surface area contributed by atoms with Gasteiger partial charge in [-0.05, 0) is 37.0 Å². The van der Waals surface area contributed by atoms with Crippen LogP contribution in [0.1, 0.15) is 18.4 Å². The molecule has 1 saturated carbocycles. The van der Waals surface area contributed by atoms with E-state index in [1.54, 1.807) is 6.20 Å². The van der Waals surface area contributed by atoms with Gasteiger partial charge in [-0.3, -0.25) is 0 Å². The highest BCUT2D eigenvalue weighted by molar-refractivity contribution is 5.37. The van der Waals surface area contributed by atoms with Crippen LogP contribution in [-0.2, 0) is 6.42 Å². The minimum atomic E-state index is 0.0769. The lowest BCUT2D eigenvalue weighted by atomic mass is 10.0. The lowest BCUT2D eigenvalue weighted by Gasteiger charge is -2.10. The van der Waals surface area contributed by atoms with Crippen molar-refractivity contribution in [2.24, 2.45) is 5.73 Å². The predicted octanol–water partition coefficient (Wildman–Crippen LogP) is 1.91. The average Bonchev–Trinajstić information content (AvgIpc) is 2.84. The molecule has 3 rings (SSSR count). The van der Waals surface area contributed by atoms with Crippen molar-refractivity contribution >= 4 is 0 Å². The first-order valence-electron chi connectivity index (χ1n) is 5.61. The van der Waals surface area contributed by atoms with Gasteiger partial charge in [-0.1, -0.05) is 12.1 Å². The zero-order valence-corrected chi connectivity index (χ0v) is 9.13. The molecule has 2 N–H and O–H groups in total. The summed E-state index contributed by atoms with van der Waals surface area (Å²) >= 11 is 0. The first-order chi connectivity index (χ1) is 7.75. The second kappa shape index (κ2) is 3.46. The maximum atomic E-state index is 6.13. The van der Waals surface area contributed by atoms with Gasteiger partial charge in [0, 0.05) is 23.6 Å². The molecular formula is C13H15N3. The van der Waals surface area contributed by atoms with E-state index >= 15 is 0 Å². The Labute approximate surface area is 94.9 Å². The minimum absolute atomic E-state index is 0.0769. The van der Waals surface area contributed by atoms with Crippen LogP contribution >= 0.6 is 0 Å². The number of nitrogens with zero attached hydrogens (tertiary/aromatic N) is 2. The van der Waals surface area contributed by atoms with Crippen LogP contribution in [-0.4, -0.2) is 15.1 Å². The molecule has 1 fully saturated rings. The maximum absolute atomic E-state index is 6.13. The van der Waals surface area contributed by atoms with Crippen LogP contribution in [0.3, 0.4) is 0 Å². The lowest BCUT2D eigenvalue weighted by Crippen LogP contribution is -2.24. The van der Waals surface area contributed by atoms with E-state index in [2.05, 4.69) is 29.2 Å². The molecule has 0 bridgehead atoms. The molecule has 0 atom stereocenters. The van der Waals surface area contributed by atoms with Crippen LogP contribution in [0.5, 0.6) is 0 Å². The summed E-state index contributed by atoms with van der Waals surface area (Å²) in [6.07, 6.45) is 8.85. The molecule has 1 aromatic carbocycles. The Kier molecular flexibility index (Phi) is 2.07. The number of aromatic nitrogens is 2. The van der Waals surface area contributed by atoms with Crippen LogP contribution in [0.15, 0.2) is 43.0 Å². The molecule has 0 radical (unpaired) electrons. The fraction of sp³-hybridized carbons (Fsp3) is 0.308. The molecule has 3 nitrogen and oxygen atoms in total. The van der Waals surface area contributed by atoms with Crippen molar-refractivity contribution in [2.75, 3.05) is 0 Å². The summed E-state index contributed by atoms with van der Waals surface area (Å²) < 4.78 is 2.01. The Hall–Kier alpha value is -1.61. The number of benzene rings is 1. The highest BCUT2D eigenvalue weighted by Gasteiger charge is 2.37. The molecular weight excluding hydrogens is 198 g/mol. The second-order valence-electron chi connectivity index (χ2n) is 4.68. The Morgan fingerprint density at radius 2 is 2.25 bits per heavy atom. The Morgan fingerprint density at radius 3 is 2.94 bits per heavy atom. The molecule has 1 heterocycles. The quantitative estimate of drug-likeness (QED) is 0.846. The normalized spacial score (nSPS) is 17.3. The van der Waals surface area contributed by atoms with Gasteiger partial charge in [0.2, 0.25) is 0 Å². The summed E-state index contributed by atoms with van der Waals surface area (Å²) in [4.78, 5) is 4.05. The number of rotatable bonds is 3. The van der Waals surface area contributed by atoms with Gasteiger partial charge in [0.1, 0.15) is 0 Å². The monoisotopic (exact) mass is 213 g/mol. The zero-order valence-electron chi connectivity index (χ0n) is 9.13. The van der Waals surface area contributed by atoms with Crippen LogP contribution in [0.4, 0.5) is 0 Å². The fourth-order valence-electron chi connectivity index (χ4n) is 1.98. The SMILES string of the molecule is NC1(Cc2cccc(-n3ccnc3)c2)CC1. The summed E-state index contributed by atoms with van der Waals surface area (Å²) in [5.74, 6) is 0. The van der Waals surface area contributed by atoms with Crippen LogP contribution in [0.25, 0.3) is 5.69 Å². The molecule has 0 amide bonds. The van der Waals surface area contributed by atoms with E-state index in [-0.39, 0.29) is 5.54 Å². The molecule has 2 aromatic rings. The molecule has 1 aliphatic rings. The number of nitrogens with two attached hydrogens (primary N) is 1. The Bertz CT molecular complexity index is 484. The zero-order chi connectivity index (χ0) is 11.0. The minimum Gasteiger partial charge on any atom is -0.325 e. The molecule has 82 valence electrons. The Morgan fingerprint density at radius 1 is 1.38 bits per heavy atom. The van der Waals surface area contributed by atoms with Crippen molar-refractivity contribution in [2.45, 2.75) is 24.8 Å². The standard InChI is InChI=1S/C13H15N3/c14-13(4-5-13)9-11-2-1-3-12(8-11)16-7-6-15-10-16/h1-3,6-8,10H,4-5,9,14H2. The summed E-state index contributed by atoms with van der Waals surface area (Å²) in [5, 5.41) is 0. The van der Waals surface area contributed by atoms with Crippen molar-refractivity contribution in [3.05, 3.63) is 48.5 Å². The van der Waals surface area contributed by atoms with Gasteiger partial charge in [0.05, 0.1) is 6.33 Å². The molecule has 1 aliphatic carbocycles. The molecule has 1 aromatic heterocycles.